The van der Waals surface area contributed by atoms with Crippen molar-refractivity contribution in [2.45, 2.75) is 37.4 Å². The summed E-state index contributed by atoms with van der Waals surface area (Å²) in [6, 6.07) is 5.99. The molecule has 3 atom stereocenters. The molecule has 1 aliphatic carbocycles. The number of alkyl halides is 1. The fourth-order valence-electron chi connectivity index (χ4n) is 2.64. The Morgan fingerprint density at radius 2 is 2.00 bits per heavy atom. The maximum absolute atomic E-state index is 6.05. The lowest BCUT2D eigenvalue weighted by Gasteiger charge is -2.31. The summed E-state index contributed by atoms with van der Waals surface area (Å²) in [5.74, 6) is 1.56. The highest BCUT2D eigenvalue weighted by molar-refractivity contribution is 9.09. The molecule has 0 spiro atoms. The van der Waals surface area contributed by atoms with E-state index in [1.165, 1.54) is 24.8 Å². The molecule has 17 heavy (non-hydrogen) atoms. The Morgan fingerprint density at radius 1 is 1.24 bits per heavy atom. The normalized spacial score (nSPS) is 29.3. The van der Waals surface area contributed by atoms with Crippen LogP contribution in [0.1, 0.15) is 31.7 Å². The Bertz CT molecular complexity index is 392. The summed E-state index contributed by atoms with van der Waals surface area (Å²) >= 11 is 15.8. The number of halogens is 3. The first-order valence-electron chi connectivity index (χ1n) is 6.14. The fourth-order valence-corrected chi connectivity index (χ4v) is 3.63. The molecule has 0 nitrogen and oxygen atoms in total. The fraction of sp³-hybridized carbons (Fsp3) is 0.571. The summed E-state index contributed by atoms with van der Waals surface area (Å²) in [5, 5.41) is 1.31. The molecule has 1 saturated carbocycles. The molecule has 1 fully saturated rings. The van der Waals surface area contributed by atoms with Crippen molar-refractivity contribution >= 4 is 39.1 Å². The van der Waals surface area contributed by atoms with Crippen LogP contribution in [-0.4, -0.2) is 4.83 Å². The molecule has 1 aromatic rings. The van der Waals surface area contributed by atoms with E-state index in [1.807, 2.05) is 12.1 Å². The maximum atomic E-state index is 6.05. The first-order chi connectivity index (χ1) is 8.06. The van der Waals surface area contributed by atoms with E-state index in [2.05, 4.69) is 28.9 Å². The molecular weight excluding hydrogens is 319 g/mol. The van der Waals surface area contributed by atoms with Crippen LogP contribution in [-0.2, 0) is 6.42 Å². The van der Waals surface area contributed by atoms with Crippen molar-refractivity contribution in [3.63, 3.8) is 0 Å². The molecular formula is C14H17BrCl2. The van der Waals surface area contributed by atoms with Gasteiger partial charge in [0.1, 0.15) is 0 Å². The molecule has 0 saturated heterocycles. The second-order valence-electron chi connectivity index (χ2n) is 5.15. The van der Waals surface area contributed by atoms with Crippen molar-refractivity contribution in [2.24, 2.45) is 11.8 Å². The molecule has 3 heteroatoms. The molecule has 3 unspecified atom stereocenters. The molecule has 0 heterocycles. The Morgan fingerprint density at radius 3 is 2.71 bits per heavy atom. The summed E-state index contributed by atoms with van der Waals surface area (Å²) in [5.41, 5.74) is 1.29. The Hall–Kier alpha value is 0.280. The predicted molar refractivity (Wildman–Crippen MR) is 79.4 cm³/mol. The molecule has 0 bridgehead atoms. The minimum atomic E-state index is 0.642. The molecule has 94 valence electrons. The molecule has 0 aromatic heterocycles. The summed E-state index contributed by atoms with van der Waals surface area (Å²) < 4.78 is 0. The van der Waals surface area contributed by atoms with Crippen LogP contribution < -0.4 is 0 Å². The zero-order valence-corrected chi connectivity index (χ0v) is 13.0. The molecule has 1 aromatic carbocycles. The average Bonchev–Trinajstić information content (AvgIpc) is 2.29. The molecule has 1 aliphatic rings. The van der Waals surface area contributed by atoms with Crippen molar-refractivity contribution in [2.75, 3.05) is 0 Å². The van der Waals surface area contributed by atoms with Crippen LogP contribution >= 0.6 is 39.1 Å². The van der Waals surface area contributed by atoms with Crippen molar-refractivity contribution in [3.8, 4) is 0 Å². The zero-order valence-electron chi connectivity index (χ0n) is 9.93. The van der Waals surface area contributed by atoms with E-state index in [0.29, 0.717) is 14.9 Å². The van der Waals surface area contributed by atoms with Crippen LogP contribution in [0.5, 0.6) is 0 Å². The number of benzene rings is 1. The molecule has 0 amide bonds. The quantitative estimate of drug-likeness (QED) is 0.605. The van der Waals surface area contributed by atoms with E-state index < -0.39 is 0 Å². The first-order valence-corrected chi connectivity index (χ1v) is 7.81. The van der Waals surface area contributed by atoms with Gasteiger partial charge in [-0.15, -0.1) is 0 Å². The van der Waals surface area contributed by atoms with Crippen molar-refractivity contribution in [3.05, 3.63) is 33.8 Å². The highest BCUT2D eigenvalue weighted by Gasteiger charge is 2.26. The third kappa shape index (κ3) is 3.62. The number of hydrogen-bond donors (Lipinski definition) is 0. The van der Waals surface area contributed by atoms with E-state index in [4.69, 9.17) is 23.2 Å². The summed E-state index contributed by atoms with van der Waals surface area (Å²) in [4.78, 5) is 0.646. The minimum absolute atomic E-state index is 0.642. The summed E-state index contributed by atoms with van der Waals surface area (Å²) in [7, 11) is 0. The van der Waals surface area contributed by atoms with Crippen LogP contribution in [0.25, 0.3) is 0 Å². The van der Waals surface area contributed by atoms with Gasteiger partial charge in [-0.25, -0.2) is 0 Å². The van der Waals surface area contributed by atoms with Gasteiger partial charge in [0.2, 0.25) is 0 Å². The van der Waals surface area contributed by atoms with Crippen molar-refractivity contribution < 1.29 is 0 Å². The number of rotatable bonds is 2. The lowest BCUT2D eigenvalue weighted by molar-refractivity contribution is 0.294. The Balaban J connectivity index is 2.06. The third-order valence-electron chi connectivity index (χ3n) is 3.63. The van der Waals surface area contributed by atoms with Gasteiger partial charge < -0.3 is 0 Å². The highest BCUT2D eigenvalue weighted by Crippen LogP contribution is 2.36. The largest absolute Gasteiger partial charge is 0.0888 e. The van der Waals surface area contributed by atoms with E-state index in [9.17, 15) is 0 Å². The summed E-state index contributed by atoms with van der Waals surface area (Å²) in [6.45, 7) is 2.35. The lowest BCUT2D eigenvalue weighted by atomic mass is 9.79. The van der Waals surface area contributed by atoms with Crippen LogP contribution in [0.4, 0.5) is 0 Å². The Kier molecular flexibility index (Phi) is 4.80. The minimum Gasteiger partial charge on any atom is -0.0888 e. The molecule has 0 aliphatic heterocycles. The molecule has 0 N–H and O–H groups in total. The van der Waals surface area contributed by atoms with E-state index in [-0.39, 0.29) is 0 Å². The van der Waals surface area contributed by atoms with Crippen LogP contribution in [0, 0.1) is 11.8 Å². The van der Waals surface area contributed by atoms with E-state index in [1.54, 1.807) is 0 Å². The third-order valence-corrected chi connectivity index (χ3v) is 5.58. The van der Waals surface area contributed by atoms with Crippen LogP contribution in [0.3, 0.4) is 0 Å². The highest BCUT2D eigenvalue weighted by atomic mass is 79.9. The van der Waals surface area contributed by atoms with Crippen LogP contribution in [0.2, 0.25) is 10.0 Å². The standard InChI is InChI=1S/C14H17BrCl2/c1-9-2-4-12(15)11(6-9)7-10-3-5-13(16)14(17)8-10/h3,5,8-9,11-12H,2,4,6-7H2,1H3. The monoisotopic (exact) mass is 334 g/mol. The second-order valence-corrected chi connectivity index (χ2v) is 7.14. The van der Waals surface area contributed by atoms with Gasteiger partial charge in [0.15, 0.2) is 0 Å². The maximum Gasteiger partial charge on any atom is 0.0595 e. The topological polar surface area (TPSA) is 0 Å². The molecule has 2 rings (SSSR count). The van der Waals surface area contributed by atoms with Crippen molar-refractivity contribution in [1.82, 2.24) is 0 Å². The molecule has 0 radical (unpaired) electrons. The first kappa shape index (κ1) is 13.7. The number of hydrogen-bond acceptors (Lipinski definition) is 0. The average molecular weight is 336 g/mol. The smallest absolute Gasteiger partial charge is 0.0595 e. The lowest BCUT2D eigenvalue weighted by Crippen LogP contribution is -2.25. The van der Waals surface area contributed by atoms with Gasteiger partial charge in [-0.2, -0.15) is 0 Å². The van der Waals surface area contributed by atoms with Crippen LogP contribution in [0.15, 0.2) is 18.2 Å². The van der Waals surface area contributed by atoms with E-state index in [0.717, 1.165) is 18.3 Å². The van der Waals surface area contributed by atoms with Gasteiger partial charge >= 0.3 is 0 Å². The van der Waals surface area contributed by atoms with E-state index >= 15 is 0 Å². The zero-order chi connectivity index (χ0) is 12.4. The van der Waals surface area contributed by atoms with Gasteiger partial charge in [-0.1, -0.05) is 52.1 Å². The van der Waals surface area contributed by atoms with Gasteiger partial charge in [0.05, 0.1) is 10.0 Å². The van der Waals surface area contributed by atoms with Gasteiger partial charge in [-0.3, -0.25) is 0 Å². The van der Waals surface area contributed by atoms with Gasteiger partial charge in [0, 0.05) is 4.83 Å². The Labute approximate surface area is 122 Å². The van der Waals surface area contributed by atoms with Crippen molar-refractivity contribution in [1.29, 1.82) is 0 Å². The predicted octanol–water partition coefficient (Wildman–Crippen LogP) is 5.74. The SMILES string of the molecule is CC1CCC(Br)C(Cc2ccc(Cl)c(Cl)c2)C1. The van der Waals surface area contributed by atoms with Gasteiger partial charge in [0.25, 0.3) is 0 Å². The second kappa shape index (κ2) is 5.95. The van der Waals surface area contributed by atoms with Gasteiger partial charge in [-0.05, 0) is 55.2 Å². The summed E-state index contributed by atoms with van der Waals surface area (Å²) in [6.07, 6.45) is 5.02.